The number of unbranched alkanes of at least 4 members (excludes halogenated alkanes) is 24. The molecule has 6 heteroatoms. The highest BCUT2D eigenvalue weighted by atomic mass is 16.6. The summed E-state index contributed by atoms with van der Waals surface area (Å²) in [5.41, 5.74) is 0. The van der Waals surface area contributed by atoms with Crippen LogP contribution >= 0.6 is 0 Å². The maximum Gasteiger partial charge on any atom is 0.306 e. The van der Waals surface area contributed by atoms with Crippen LogP contribution in [0.1, 0.15) is 245 Å². The van der Waals surface area contributed by atoms with Gasteiger partial charge in [0.15, 0.2) is 6.10 Å². The first-order valence-electron chi connectivity index (χ1n) is 27.3. The zero-order valence-electron chi connectivity index (χ0n) is 42.9. The summed E-state index contributed by atoms with van der Waals surface area (Å²) in [7, 11) is 0. The molecule has 0 saturated carbocycles. The van der Waals surface area contributed by atoms with Gasteiger partial charge in [0, 0.05) is 19.3 Å². The van der Waals surface area contributed by atoms with Crippen LogP contribution in [0.15, 0.2) is 97.2 Å². The van der Waals surface area contributed by atoms with E-state index in [1.54, 1.807) is 0 Å². The smallest absolute Gasteiger partial charge is 0.306 e. The van der Waals surface area contributed by atoms with Crippen molar-refractivity contribution in [3.8, 4) is 0 Å². The molecule has 0 radical (unpaired) electrons. The van der Waals surface area contributed by atoms with Gasteiger partial charge in [-0.15, -0.1) is 0 Å². The topological polar surface area (TPSA) is 78.9 Å². The van der Waals surface area contributed by atoms with Crippen molar-refractivity contribution in [2.24, 2.45) is 0 Å². The van der Waals surface area contributed by atoms with E-state index in [0.29, 0.717) is 19.3 Å². The summed E-state index contributed by atoms with van der Waals surface area (Å²) < 4.78 is 16.8. The molecule has 376 valence electrons. The molecular formula is C60H100O6. The Balaban J connectivity index is 4.52. The number of hydrogen-bond acceptors (Lipinski definition) is 6. The van der Waals surface area contributed by atoms with Gasteiger partial charge < -0.3 is 14.2 Å². The van der Waals surface area contributed by atoms with E-state index in [9.17, 15) is 14.4 Å². The molecule has 0 N–H and O–H groups in total. The Bertz CT molecular complexity index is 1330. The summed E-state index contributed by atoms with van der Waals surface area (Å²) in [6, 6.07) is 0. The molecule has 0 amide bonds. The van der Waals surface area contributed by atoms with Crippen LogP contribution in [0.3, 0.4) is 0 Å². The van der Waals surface area contributed by atoms with E-state index in [4.69, 9.17) is 14.2 Å². The van der Waals surface area contributed by atoms with Crippen LogP contribution < -0.4 is 0 Å². The number of ether oxygens (including phenoxy) is 3. The van der Waals surface area contributed by atoms with Crippen LogP contribution in [0.25, 0.3) is 0 Å². The van der Waals surface area contributed by atoms with Gasteiger partial charge in [0.05, 0.1) is 0 Å². The number of allylic oxidation sites excluding steroid dienone is 16. The molecule has 0 heterocycles. The lowest BCUT2D eigenvalue weighted by atomic mass is 10.1. The van der Waals surface area contributed by atoms with Gasteiger partial charge in [-0.2, -0.15) is 0 Å². The predicted octanol–water partition coefficient (Wildman–Crippen LogP) is 18.1. The van der Waals surface area contributed by atoms with Crippen molar-refractivity contribution in [1.29, 1.82) is 0 Å². The van der Waals surface area contributed by atoms with Crippen molar-refractivity contribution in [2.75, 3.05) is 13.2 Å². The fourth-order valence-corrected chi connectivity index (χ4v) is 7.29. The number of carbonyl (C=O) groups is 3. The molecule has 1 unspecified atom stereocenters. The largest absolute Gasteiger partial charge is 0.462 e. The fraction of sp³-hybridized carbons (Fsp3) is 0.683. The van der Waals surface area contributed by atoms with E-state index in [1.165, 1.54) is 103 Å². The van der Waals surface area contributed by atoms with Gasteiger partial charge >= 0.3 is 17.9 Å². The highest BCUT2D eigenvalue weighted by Crippen LogP contribution is 2.13. The molecule has 0 aromatic carbocycles. The van der Waals surface area contributed by atoms with Gasteiger partial charge in [0.2, 0.25) is 0 Å². The van der Waals surface area contributed by atoms with Crippen LogP contribution in [0.4, 0.5) is 0 Å². The lowest BCUT2D eigenvalue weighted by Gasteiger charge is -2.18. The van der Waals surface area contributed by atoms with Crippen molar-refractivity contribution in [3.05, 3.63) is 97.2 Å². The van der Waals surface area contributed by atoms with Crippen LogP contribution in [0, 0.1) is 0 Å². The van der Waals surface area contributed by atoms with E-state index in [2.05, 4.69) is 99.8 Å². The Morgan fingerprint density at radius 1 is 0.333 bits per heavy atom. The molecule has 0 rings (SSSR count). The summed E-state index contributed by atoms with van der Waals surface area (Å²) in [6.07, 6.45) is 71.1. The predicted molar refractivity (Wildman–Crippen MR) is 284 cm³/mol. The minimum atomic E-state index is -0.813. The molecule has 0 aliphatic heterocycles. The van der Waals surface area contributed by atoms with Crippen molar-refractivity contribution in [1.82, 2.24) is 0 Å². The Hall–Kier alpha value is -3.67. The second-order valence-corrected chi connectivity index (χ2v) is 17.8. The second kappa shape index (κ2) is 53.9. The third-order valence-corrected chi connectivity index (χ3v) is 11.4. The van der Waals surface area contributed by atoms with Gasteiger partial charge in [-0.1, -0.05) is 227 Å². The third kappa shape index (κ3) is 51.3. The first-order valence-corrected chi connectivity index (χ1v) is 27.3. The lowest BCUT2D eigenvalue weighted by Crippen LogP contribution is -2.30. The first kappa shape index (κ1) is 62.3. The summed E-state index contributed by atoms with van der Waals surface area (Å²) in [6.45, 7) is 6.42. The molecule has 66 heavy (non-hydrogen) atoms. The Morgan fingerprint density at radius 2 is 0.667 bits per heavy atom. The molecule has 0 fully saturated rings. The summed E-state index contributed by atoms with van der Waals surface area (Å²) in [5, 5.41) is 0. The SMILES string of the molecule is CC\C=C/C=C\C=C/C=C\CCCCCCCC(=O)OCC(COC(=O)CCC/C=C\C/C=C\C/C=C\CCCCCCCC)OC(=O)CCCCCCC/C=C\CCCCCCCCC. The van der Waals surface area contributed by atoms with Crippen LogP contribution in [0.5, 0.6) is 0 Å². The normalized spacial score (nSPS) is 12.8. The van der Waals surface area contributed by atoms with Crippen LogP contribution in [-0.2, 0) is 28.6 Å². The van der Waals surface area contributed by atoms with E-state index >= 15 is 0 Å². The quantitative estimate of drug-likeness (QED) is 0.0199. The standard InChI is InChI=1S/C60H100O6/c1-4-7-10-13-16-19-22-25-28-30-33-35-38-41-44-47-50-53-59(62)65-56-57(55-64-58(61)52-49-46-43-40-37-34-31-27-24-21-18-15-12-9-6-3)66-60(63)54-51-48-45-42-39-36-32-29-26-23-20-17-14-11-8-5-2/h9,12,15,18,21,24-25,27-29,31-33,35,41,44,57H,4-8,10-11,13-14,16-17,19-20,22-23,26,30,34,36-40,42-43,45-56H2,1-3H3/b12-9-,18-15-,24-21-,28-25-,31-27-,32-29-,35-33-,44-41-. The third-order valence-electron chi connectivity index (χ3n) is 11.4. The van der Waals surface area contributed by atoms with Crippen LogP contribution in [-0.4, -0.2) is 37.2 Å². The maximum atomic E-state index is 12.8. The van der Waals surface area contributed by atoms with Gasteiger partial charge in [0.25, 0.3) is 0 Å². The molecule has 0 aliphatic carbocycles. The Morgan fingerprint density at radius 3 is 1.14 bits per heavy atom. The van der Waals surface area contributed by atoms with Crippen molar-refractivity contribution in [2.45, 2.75) is 252 Å². The maximum absolute atomic E-state index is 12.8. The van der Waals surface area contributed by atoms with Gasteiger partial charge in [0.1, 0.15) is 13.2 Å². The average Bonchev–Trinajstić information content (AvgIpc) is 3.31. The summed E-state index contributed by atoms with van der Waals surface area (Å²) >= 11 is 0. The van der Waals surface area contributed by atoms with E-state index < -0.39 is 6.10 Å². The first-order chi connectivity index (χ1) is 32.5. The zero-order valence-corrected chi connectivity index (χ0v) is 42.9. The minimum absolute atomic E-state index is 0.110. The minimum Gasteiger partial charge on any atom is -0.462 e. The van der Waals surface area contributed by atoms with Crippen molar-refractivity contribution in [3.63, 3.8) is 0 Å². The molecule has 0 aliphatic rings. The highest BCUT2D eigenvalue weighted by Gasteiger charge is 2.19. The second-order valence-electron chi connectivity index (χ2n) is 17.8. The van der Waals surface area contributed by atoms with Gasteiger partial charge in [-0.3, -0.25) is 14.4 Å². The molecule has 1 atom stereocenters. The summed E-state index contributed by atoms with van der Waals surface area (Å²) in [4.78, 5) is 38.1. The molecule has 0 spiro atoms. The molecule has 0 aromatic rings. The molecule has 6 nitrogen and oxygen atoms in total. The number of rotatable bonds is 48. The monoisotopic (exact) mass is 917 g/mol. The number of carbonyl (C=O) groups excluding carboxylic acids is 3. The fourth-order valence-electron chi connectivity index (χ4n) is 7.29. The van der Waals surface area contributed by atoms with E-state index in [-0.39, 0.29) is 37.5 Å². The zero-order chi connectivity index (χ0) is 47.9. The molecule has 0 aromatic heterocycles. The lowest BCUT2D eigenvalue weighted by molar-refractivity contribution is -0.167. The van der Waals surface area contributed by atoms with Crippen molar-refractivity contribution < 1.29 is 28.6 Å². The molecular weight excluding hydrogens is 817 g/mol. The Labute approximate surface area is 407 Å². The number of esters is 3. The summed E-state index contributed by atoms with van der Waals surface area (Å²) in [5.74, 6) is -0.993. The molecule has 0 saturated heterocycles. The van der Waals surface area contributed by atoms with Gasteiger partial charge in [-0.05, 0) is 96.3 Å². The highest BCUT2D eigenvalue weighted by molar-refractivity contribution is 5.71. The number of hydrogen-bond donors (Lipinski definition) is 0. The Kier molecular flexibility index (Phi) is 50.9. The average molecular weight is 917 g/mol. The van der Waals surface area contributed by atoms with E-state index in [0.717, 1.165) is 96.3 Å². The van der Waals surface area contributed by atoms with Crippen LogP contribution in [0.2, 0.25) is 0 Å². The van der Waals surface area contributed by atoms with Crippen molar-refractivity contribution >= 4 is 17.9 Å². The van der Waals surface area contributed by atoms with Gasteiger partial charge in [-0.25, -0.2) is 0 Å². The molecule has 0 bridgehead atoms. The van der Waals surface area contributed by atoms with E-state index in [1.807, 2.05) is 18.2 Å².